The van der Waals surface area contributed by atoms with Gasteiger partial charge in [0.05, 0.1) is 17.7 Å². The number of carbonyl (C=O) groups excluding carboxylic acids is 1. The van der Waals surface area contributed by atoms with Crippen LogP contribution in [0.25, 0.3) is 0 Å². The van der Waals surface area contributed by atoms with E-state index in [1.807, 2.05) is 6.92 Å². The fourth-order valence-corrected chi connectivity index (χ4v) is 2.69. The summed E-state index contributed by atoms with van der Waals surface area (Å²) >= 11 is 0. The van der Waals surface area contributed by atoms with Crippen LogP contribution in [0.2, 0.25) is 0 Å². The van der Waals surface area contributed by atoms with Crippen LogP contribution in [0.4, 0.5) is 0 Å². The molecule has 2 saturated heterocycles. The molecule has 2 aliphatic rings. The second-order valence-electron chi connectivity index (χ2n) is 4.91. The minimum atomic E-state index is -0.317. The first kappa shape index (κ1) is 14.7. The zero-order valence-corrected chi connectivity index (χ0v) is 11.4. The molecule has 5 heteroatoms. The second-order valence-corrected chi connectivity index (χ2v) is 4.91. The summed E-state index contributed by atoms with van der Waals surface area (Å²) in [6.45, 7) is 5.82. The molecule has 3 atom stereocenters. The van der Waals surface area contributed by atoms with Gasteiger partial charge in [0.25, 0.3) is 0 Å². The summed E-state index contributed by atoms with van der Waals surface area (Å²) in [6, 6.07) is 0.193. The summed E-state index contributed by atoms with van der Waals surface area (Å²) in [5.41, 5.74) is -0.317. The highest BCUT2D eigenvalue weighted by Gasteiger charge is 2.40. The van der Waals surface area contributed by atoms with Gasteiger partial charge >= 0.3 is 0 Å². The van der Waals surface area contributed by atoms with Gasteiger partial charge in [-0.15, -0.1) is 12.4 Å². The highest BCUT2D eigenvalue weighted by atomic mass is 35.5. The van der Waals surface area contributed by atoms with E-state index >= 15 is 0 Å². The van der Waals surface area contributed by atoms with Crippen LogP contribution >= 0.6 is 12.4 Å². The summed E-state index contributed by atoms with van der Waals surface area (Å²) in [5, 5.41) is 6.49. The SMILES string of the molecule is CCC1(C(=O)NC2CCOC2C)CCCN1.Cl. The van der Waals surface area contributed by atoms with Crippen molar-refractivity contribution >= 4 is 18.3 Å². The molecule has 17 heavy (non-hydrogen) atoms. The smallest absolute Gasteiger partial charge is 0.240 e. The van der Waals surface area contributed by atoms with Crippen molar-refractivity contribution < 1.29 is 9.53 Å². The maximum atomic E-state index is 12.3. The molecule has 0 radical (unpaired) electrons. The number of carbonyl (C=O) groups is 1. The van der Waals surface area contributed by atoms with Gasteiger partial charge in [0.2, 0.25) is 5.91 Å². The lowest BCUT2D eigenvalue weighted by atomic mass is 9.92. The minimum Gasteiger partial charge on any atom is -0.376 e. The van der Waals surface area contributed by atoms with E-state index in [4.69, 9.17) is 4.74 Å². The molecule has 2 fully saturated rings. The molecule has 100 valence electrons. The fraction of sp³-hybridized carbons (Fsp3) is 0.917. The van der Waals surface area contributed by atoms with Crippen LogP contribution in [-0.4, -0.2) is 36.7 Å². The number of hydrogen-bond donors (Lipinski definition) is 2. The normalized spacial score (nSPS) is 36.6. The first-order chi connectivity index (χ1) is 7.68. The zero-order chi connectivity index (χ0) is 11.6. The van der Waals surface area contributed by atoms with Crippen LogP contribution < -0.4 is 10.6 Å². The van der Waals surface area contributed by atoms with Crippen molar-refractivity contribution in [1.82, 2.24) is 10.6 Å². The Kier molecular flexibility index (Phi) is 5.22. The Balaban J connectivity index is 0.00000144. The van der Waals surface area contributed by atoms with E-state index < -0.39 is 0 Å². The Morgan fingerprint density at radius 2 is 2.35 bits per heavy atom. The summed E-state index contributed by atoms with van der Waals surface area (Å²) in [6.07, 6.45) is 4.00. The number of ether oxygens (including phenoxy) is 1. The molecular weight excluding hydrogens is 240 g/mol. The van der Waals surface area contributed by atoms with Crippen molar-refractivity contribution in [3.05, 3.63) is 0 Å². The van der Waals surface area contributed by atoms with E-state index in [-0.39, 0.29) is 36.0 Å². The van der Waals surface area contributed by atoms with Crippen molar-refractivity contribution in [3.63, 3.8) is 0 Å². The lowest BCUT2D eigenvalue weighted by molar-refractivity contribution is -0.128. The van der Waals surface area contributed by atoms with Gasteiger partial charge in [-0.2, -0.15) is 0 Å². The van der Waals surface area contributed by atoms with E-state index in [2.05, 4.69) is 17.6 Å². The zero-order valence-electron chi connectivity index (χ0n) is 10.6. The van der Waals surface area contributed by atoms with E-state index in [1.54, 1.807) is 0 Å². The Labute approximate surface area is 109 Å². The largest absolute Gasteiger partial charge is 0.376 e. The quantitative estimate of drug-likeness (QED) is 0.805. The van der Waals surface area contributed by atoms with Gasteiger partial charge < -0.3 is 15.4 Å². The van der Waals surface area contributed by atoms with Crippen LogP contribution in [0.5, 0.6) is 0 Å². The van der Waals surface area contributed by atoms with Crippen molar-refractivity contribution in [2.24, 2.45) is 0 Å². The van der Waals surface area contributed by atoms with Crippen LogP contribution in [0.3, 0.4) is 0 Å². The average Bonchev–Trinajstić information content (AvgIpc) is 2.89. The van der Waals surface area contributed by atoms with E-state index in [9.17, 15) is 4.79 Å². The fourth-order valence-electron chi connectivity index (χ4n) is 2.69. The number of halogens is 1. The number of nitrogens with one attached hydrogen (secondary N) is 2. The third kappa shape index (κ3) is 2.92. The van der Waals surface area contributed by atoms with E-state index in [0.29, 0.717) is 0 Å². The molecular formula is C12H23ClN2O2. The Morgan fingerprint density at radius 3 is 2.82 bits per heavy atom. The van der Waals surface area contributed by atoms with Gasteiger partial charge in [-0.05, 0) is 39.2 Å². The molecule has 2 rings (SSSR count). The Morgan fingerprint density at radius 1 is 1.59 bits per heavy atom. The molecule has 0 aromatic carbocycles. The predicted octanol–water partition coefficient (Wildman–Crippen LogP) is 1.23. The van der Waals surface area contributed by atoms with E-state index in [0.717, 1.165) is 38.8 Å². The first-order valence-electron chi connectivity index (χ1n) is 6.35. The van der Waals surface area contributed by atoms with Crippen molar-refractivity contribution in [2.75, 3.05) is 13.2 Å². The molecule has 2 aliphatic heterocycles. The summed E-state index contributed by atoms with van der Waals surface area (Å²) < 4.78 is 5.46. The lowest BCUT2D eigenvalue weighted by Gasteiger charge is -2.29. The highest BCUT2D eigenvalue weighted by Crippen LogP contribution is 2.24. The van der Waals surface area contributed by atoms with Gasteiger partial charge in [-0.3, -0.25) is 4.79 Å². The summed E-state index contributed by atoms with van der Waals surface area (Å²) in [5.74, 6) is 0.162. The van der Waals surface area contributed by atoms with Crippen molar-refractivity contribution in [1.29, 1.82) is 0 Å². The number of amides is 1. The van der Waals surface area contributed by atoms with Crippen LogP contribution in [0.1, 0.15) is 39.5 Å². The summed E-state index contributed by atoms with van der Waals surface area (Å²) in [4.78, 5) is 12.3. The summed E-state index contributed by atoms with van der Waals surface area (Å²) in [7, 11) is 0. The van der Waals surface area contributed by atoms with Crippen LogP contribution in [0.15, 0.2) is 0 Å². The second kappa shape index (κ2) is 6.03. The standard InChI is InChI=1S/C12H22N2O2.ClH/c1-3-12(6-4-7-13-12)11(15)14-10-5-8-16-9(10)2;/h9-10,13H,3-8H2,1-2H3,(H,14,15);1H. The van der Waals surface area contributed by atoms with Gasteiger partial charge in [0, 0.05) is 6.61 Å². The minimum absolute atomic E-state index is 0. The lowest BCUT2D eigenvalue weighted by Crippen LogP contribution is -2.56. The molecule has 1 amide bonds. The first-order valence-corrected chi connectivity index (χ1v) is 6.35. The molecule has 2 heterocycles. The maximum absolute atomic E-state index is 12.3. The van der Waals surface area contributed by atoms with Crippen molar-refractivity contribution in [2.45, 2.75) is 57.2 Å². The molecule has 4 nitrogen and oxygen atoms in total. The molecule has 2 N–H and O–H groups in total. The Hall–Kier alpha value is -0.320. The molecule has 0 aliphatic carbocycles. The van der Waals surface area contributed by atoms with E-state index in [1.165, 1.54) is 0 Å². The Bertz CT molecular complexity index is 267. The third-order valence-corrected chi connectivity index (χ3v) is 3.97. The molecule has 3 unspecified atom stereocenters. The van der Waals surface area contributed by atoms with Gasteiger partial charge in [-0.25, -0.2) is 0 Å². The number of rotatable bonds is 3. The monoisotopic (exact) mass is 262 g/mol. The van der Waals surface area contributed by atoms with Crippen molar-refractivity contribution in [3.8, 4) is 0 Å². The molecule has 0 aromatic rings. The van der Waals surface area contributed by atoms with Gasteiger partial charge in [0.15, 0.2) is 0 Å². The average molecular weight is 263 g/mol. The predicted molar refractivity (Wildman–Crippen MR) is 69.5 cm³/mol. The maximum Gasteiger partial charge on any atom is 0.240 e. The van der Waals surface area contributed by atoms with Gasteiger partial charge in [-0.1, -0.05) is 6.92 Å². The van der Waals surface area contributed by atoms with Crippen LogP contribution in [-0.2, 0) is 9.53 Å². The number of hydrogen-bond acceptors (Lipinski definition) is 3. The topological polar surface area (TPSA) is 50.4 Å². The highest BCUT2D eigenvalue weighted by molar-refractivity contribution is 5.87. The molecule has 0 bridgehead atoms. The van der Waals surface area contributed by atoms with Crippen LogP contribution in [0, 0.1) is 0 Å². The molecule has 0 saturated carbocycles. The third-order valence-electron chi connectivity index (χ3n) is 3.97. The molecule has 0 aromatic heterocycles. The molecule has 0 spiro atoms. The van der Waals surface area contributed by atoms with Gasteiger partial charge in [0.1, 0.15) is 0 Å².